The van der Waals surface area contributed by atoms with E-state index >= 15 is 0 Å². The fraction of sp³-hybridized carbons (Fsp3) is 0.316. The van der Waals surface area contributed by atoms with Crippen molar-refractivity contribution in [1.82, 2.24) is 0 Å². The Morgan fingerprint density at radius 1 is 1.23 bits per heavy atom. The second kappa shape index (κ2) is 9.58. The second-order valence-corrected chi connectivity index (χ2v) is 4.76. The van der Waals surface area contributed by atoms with E-state index in [1.807, 2.05) is 0 Å². The highest BCUT2D eigenvalue weighted by Crippen LogP contribution is 2.08. The van der Waals surface area contributed by atoms with Crippen molar-refractivity contribution in [2.75, 3.05) is 20.8 Å². The summed E-state index contributed by atoms with van der Waals surface area (Å²) in [6.45, 7) is 5.85. The molecule has 0 amide bonds. The van der Waals surface area contributed by atoms with E-state index in [4.69, 9.17) is 9.47 Å². The zero-order valence-electron chi connectivity index (χ0n) is 13.2. The van der Waals surface area contributed by atoms with E-state index in [-0.39, 0.29) is 11.9 Å². The number of ketones is 1. The molecule has 0 unspecified atom stereocenters. The number of Topliss-reactive ketones (excluding diaryl/α,β-unsaturated/α-hetero) is 1. The lowest BCUT2D eigenvalue weighted by Crippen LogP contribution is -2.16. The minimum absolute atomic E-state index is 0.0354. The molecular weight excluding hydrogens is 276 g/mol. The Balaban J connectivity index is 2.62. The Bertz CT molecular complexity index is 633. The Hall–Kier alpha value is -2.33. The number of carbonyl (C=O) groups is 1. The molecule has 0 spiro atoms. The van der Waals surface area contributed by atoms with Crippen LogP contribution in [-0.4, -0.2) is 32.7 Å². The zero-order valence-corrected chi connectivity index (χ0v) is 13.2. The van der Waals surface area contributed by atoms with Gasteiger partial charge in [-0.1, -0.05) is 18.4 Å². The van der Waals surface area contributed by atoms with Crippen molar-refractivity contribution < 1.29 is 14.3 Å². The number of benzene rings is 1. The number of allylic oxidation sites excluding steroid dienone is 1. The molecule has 0 saturated carbocycles. The molecule has 0 aliphatic carbocycles. The number of hydrogen-bond acceptors (Lipinski definition) is 3. The van der Waals surface area contributed by atoms with E-state index in [2.05, 4.69) is 30.3 Å². The van der Waals surface area contributed by atoms with Crippen molar-refractivity contribution in [2.45, 2.75) is 19.4 Å². The molecule has 0 bridgehead atoms. The van der Waals surface area contributed by atoms with Gasteiger partial charge in [0.25, 0.3) is 0 Å². The van der Waals surface area contributed by atoms with Gasteiger partial charge in [-0.2, -0.15) is 0 Å². The summed E-state index contributed by atoms with van der Waals surface area (Å²) in [5.41, 5.74) is 1.95. The molecule has 0 saturated heterocycles. The maximum atomic E-state index is 11.7. The zero-order chi connectivity index (χ0) is 16.4. The lowest BCUT2D eigenvalue weighted by molar-refractivity contribution is 0.0318. The van der Waals surface area contributed by atoms with Gasteiger partial charge in [0.15, 0.2) is 5.78 Å². The molecule has 22 heavy (non-hydrogen) atoms. The summed E-state index contributed by atoms with van der Waals surface area (Å²) < 4.78 is 10.2. The van der Waals surface area contributed by atoms with Crippen LogP contribution in [0, 0.1) is 23.7 Å². The van der Waals surface area contributed by atoms with Gasteiger partial charge in [-0.3, -0.25) is 4.79 Å². The van der Waals surface area contributed by atoms with Gasteiger partial charge in [-0.15, -0.1) is 0 Å². The van der Waals surface area contributed by atoms with E-state index in [1.165, 1.54) is 0 Å². The van der Waals surface area contributed by atoms with Crippen molar-refractivity contribution in [1.29, 1.82) is 0 Å². The predicted octanol–water partition coefficient (Wildman–Crippen LogP) is 2.85. The number of hydrogen-bond donors (Lipinski definition) is 0. The maximum Gasteiger partial charge on any atom is 0.188 e. The van der Waals surface area contributed by atoms with Crippen molar-refractivity contribution >= 4 is 5.78 Å². The third-order valence-corrected chi connectivity index (χ3v) is 2.91. The van der Waals surface area contributed by atoms with Crippen LogP contribution in [0.4, 0.5) is 0 Å². The molecule has 1 aromatic carbocycles. The van der Waals surface area contributed by atoms with Gasteiger partial charge in [0, 0.05) is 31.8 Å². The normalized spacial score (nSPS) is 10.7. The first-order chi connectivity index (χ1) is 10.6. The summed E-state index contributed by atoms with van der Waals surface area (Å²) in [6.07, 6.45) is 0.539. The Kier molecular flexibility index (Phi) is 7.72. The molecule has 114 valence electrons. The van der Waals surface area contributed by atoms with Crippen molar-refractivity contribution in [3.63, 3.8) is 0 Å². The third-order valence-electron chi connectivity index (χ3n) is 2.91. The molecule has 0 fully saturated rings. The van der Waals surface area contributed by atoms with Crippen LogP contribution in [0.25, 0.3) is 0 Å². The second-order valence-electron chi connectivity index (χ2n) is 4.76. The highest BCUT2D eigenvalue weighted by molar-refractivity contribution is 6.07. The van der Waals surface area contributed by atoms with Gasteiger partial charge in [0.1, 0.15) is 0 Å². The molecule has 3 nitrogen and oxygen atoms in total. The molecule has 1 rings (SSSR count). The fourth-order valence-corrected chi connectivity index (χ4v) is 1.66. The number of carbonyl (C=O) groups excluding carboxylic acids is 1. The van der Waals surface area contributed by atoms with Gasteiger partial charge in [0.05, 0.1) is 12.7 Å². The monoisotopic (exact) mass is 296 g/mol. The first-order valence-corrected chi connectivity index (χ1v) is 6.89. The number of ether oxygens (including phenoxy) is 2. The molecule has 0 aromatic heterocycles. The summed E-state index contributed by atoms with van der Waals surface area (Å²) in [4.78, 5) is 11.7. The van der Waals surface area contributed by atoms with Gasteiger partial charge in [-0.25, -0.2) is 0 Å². The summed E-state index contributed by atoms with van der Waals surface area (Å²) in [5, 5.41) is 0. The third kappa shape index (κ3) is 5.97. The standard InChI is InChI=1S/C19H20O3/c1-15(2)19(20)17-12-10-16(11-13-17)8-6-5-7-9-18(22-4)14-21-3/h10-13,18H,1,9,14H2,2-4H3/t18-/m1/s1. The van der Waals surface area contributed by atoms with Crippen LogP contribution in [0.5, 0.6) is 0 Å². The van der Waals surface area contributed by atoms with Crippen LogP contribution in [0.2, 0.25) is 0 Å². The minimum atomic E-state index is -0.0527. The smallest absolute Gasteiger partial charge is 0.188 e. The van der Waals surface area contributed by atoms with E-state index in [0.717, 1.165) is 5.56 Å². The van der Waals surface area contributed by atoms with Gasteiger partial charge in [0.2, 0.25) is 0 Å². The van der Waals surface area contributed by atoms with E-state index < -0.39 is 0 Å². The van der Waals surface area contributed by atoms with Crippen LogP contribution in [0.3, 0.4) is 0 Å². The molecule has 3 heteroatoms. The fourth-order valence-electron chi connectivity index (χ4n) is 1.66. The molecule has 0 aliphatic heterocycles. The van der Waals surface area contributed by atoms with Gasteiger partial charge in [-0.05, 0) is 48.6 Å². The SMILES string of the molecule is C=C(C)C(=O)c1ccc(C#CC#CC[C@H](COC)OC)cc1. The number of methoxy groups -OCH3 is 2. The Labute approximate surface area is 132 Å². The quantitative estimate of drug-likeness (QED) is 0.460. The van der Waals surface area contributed by atoms with E-state index in [9.17, 15) is 4.79 Å². The number of rotatable bonds is 6. The van der Waals surface area contributed by atoms with Crippen LogP contribution in [0.15, 0.2) is 36.4 Å². The molecule has 0 heterocycles. The molecule has 0 N–H and O–H groups in total. The van der Waals surface area contributed by atoms with Crippen LogP contribution < -0.4 is 0 Å². The highest BCUT2D eigenvalue weighted by atomic mass is 16.5. The predicted molar refractivity (Wildman–Crippen MR) is 87.5 cm³/mol. The van der Waals surface area contributed by atoms with Crippen LogP contribution in [0.1, 0.15) is 29.3 Å². The molecule has 0 radical (unpaired) electrons. The lowest BCUT2D eigenvalue weighted by atomic mass is 10.0. The van der Waals surface area contributed by atoms with Crippen molar-refractivity contribution in [3.05, 3.63) is 47.5 Å². The largest absolute Gasteiger partial charge is 0.382 e. The first-order valence-electron chi connectivity index (χ1n) is 6.89. The van der Waals surface area contributed by atoms with Crippen molar-refractivity contribution in [3.8, 4) is 23.7 Å². The summed E-state index contributed by atoms with van der Waals surface area (Å²) >= 11 is 0. The molecular formula is C19H20O3. The molecule has 1 atom stereocenters. The van der Waals surface area contributed by atoms with Crippen molar-refractivity contribution in [2.24, 2.45) is 0 Å². The Morgan fingerprint density at radius 3 is 2.45 bits per heavy atom. The Morgan fingerprint density at radius 2 is 1.91 bits per heavy atom. The highest BCUT2D eigenvalue weighted by Gasteiger charge is 2.05. The molecule has 1 aromatic rings. The average Bonchev–Trinajstić information content (AvgIpc) is 2.53. The van der Waals surface area contributed by atoms with Crippen LogP contribution in [-0.2, 0) is 9.47 Å². The molecule has 0 aliphatic rings. The minimum Gasteiger partial charge on any atom is -0.382 e. The topological polar surface area (TPSA) is 35.5 Å². The van der Waals surface area contributed by atoms with Gasteiger partial charge < -0.3 is 9.47 Å². The van der Waals surface area contributed by atoms with Crippen LogP contribution >= 0.6 is 0 Å². The summed E-state index contributed by atoms with van der Waals surface area (Å²) in [5.74, 6) is 11.4. The maximum absolute atomic E-state index is 11.7. The van der Waals surface area contributed by atoms with Gasteiger partial charge >= 0.3 is 0 Å². The first kappa shape index (κ1) is 17.7. The lowest BCUT2D eigenvalue weighted by Gasteiger charge is -2.09. The van der Waals surface area contributed by atoms with E-state index in [1.54, 1.807) is 45.4 Å². The summed E-state index contributed by atoms with van der Waals surface area (Å²) in [6, 6.07) is 7.09. The van der Waals surface area contributed by atoms with E-state index in [0.29, 0.717) is 24.2 Å². The summed E-state index contributed by atoms with van der Waals surface area (Å²) in [7, 11) is 3.26. The average molecular weight is 296 g/mol.